The molecular formula is C23H27FN2O2. The topological polar surface area (TPSA) is 41.6 Å². The standard InChI is InChI=1S/C23H27FN2O2/c1-26(21-13-17-5-2-3-6-18(17)14-21)22(27)25-16-23(9-11-28-12-10-23)19-7-4-8-20(24)15-19/h2-8,15,21H,9-14,16H2,1H3,(H,25,27). The van der Waals surface area contributed by atoms with Crippen molar-refractivity contribution in [1.82, 2.24) is 10.2 Å². The van der Waals surface area contributed by atoms with Crippen molar-refractivity contribution in [3.8, 4) is 0 Å². The van der Waals surface area contributed by atoms with Crippen molar-refractivity contribution in [3.05, 3.63) is 71.0 Å². The van der Waals surface area contributed by atoms with Crippen LogP contribution in [0, 0.1) is 5.82 Å². The third-order valence-corrected chi connectivity index (χ3v) is 6.36. The molecule has 0 saturated carbocycles. The molecule has 1 saturated heterocycles. The maximum absolute atomic E-state index is 13.8. The van der Waals surface area contributed by atoms with Crippen molar-refractivity contribution in [2.24, 2.45) is 0 Å². The zero-order chi connectivity index (χ0) is 19.6. The molecule has 1 heterocycles. The Kier molecular flexibility index (Phi) is 5.36. The Labute approximate surface area is 165 Å². The molecule has 5 heteroatoms. The van der Waals surface area contributed by atoms with Gasteiger partial charge in [-0.25, -0.2) is 9.18 Å². The number of hydrogen-bond donors (Lipinski definition) is 1. The molecule has 0 bridgehead atoms. The molecule has 1 N–H and O–H groups in total. The molecule has 0 atom stereocenters. The van der Waals surface area contributed by atoms with Gasteiger partial charge in [0.25, 0.3) is 0 Å². The molecule has 28 heavy (non-hydrogen) atoms. The lowest BCUT2D eigenvalue weighted by Crippen LogP contribution is -2.50. The van der Waals surface area contributed by atoms with Crippen molar-refractivity contribution < 1.29 is 13.9 Å². The van der Waals surface area contributed by atoms with Gasteiger partial charge in [0, 0.05) is 38.3 Å². The third kappa shape index (κ3) is 3.76. The van der Waals surface area contributed by atoms with Gasteiger partial charge in [-0.05, 0) is 54.5 Å². The molecule has 0 unspecified atom stereocenters. The normalized spacial score (nSPS) is 18.5. The van der Waals surface area contributed by atoms with Gasteiger partial charge in [-0.15, -0.1) is 0 Å². The van der Waals surface area contributed by atoms with E-state index in [0.717, 1.165) is 31.2 Å². The number of nitrogens with one attached hydrogen (secondary N) is 1. The fourth-order valence-corrected chi connectivity index (χ4v) is 4.49. The van der Waals surface area contributed by atoms with E-state index in [0.29, 0.717) is 19.8 Å². The minimum Gasteiger partial charge on any atom is -0.381 e. The Bertz CT molecular complexity index is 823. The summed E-state index contributed by atoms with van der Waals surface area (Å²) < 4.78 is 19.4. The summed E-state index contributed by atoms with van der Waals surface area (Å²) in [6.45, 7) is 1.74. The first-order chi connectivity index (χ1) is 13.6. The average Bonchev–Trinajstić information content (AvgIpc) is 3.16. The van der Waals surface area contributed by atoms with Gasteiger partial charge in [-0.2, -0.15) is 0 Å². The van der Waals surface area contributed by atoms with E-state index in [1.165, 1.54) is 17.2 Å². The second kappa shape index (κ2) is 7.92. The van der Waals surface area contributed by atoms with Crippen molar-refractivity contribution in [1.29, 1.82) is 0 Å². The number of benzene rings is 2. The van der Waals surface area contributed by atoms with Gasteiger partial charge in [-0.3, -0.25) is 0 Å². The fourth-order valence-electron chi connectivity index (χ4n) is 4.49. The first kappa shape index (κ1) is 18.9. The number of ether oxygens (including phenoxy) is 1. The number of likely N-dealkylation sites (N-methyl/N-ethyl adjacent to an activating group) is 1. The largest absolute Gasteiger partial charge is 0.381 e. The molecule has 4 rings (SSSR count). The van der Waals surface area contributed by atoms with Crippen LogP contribution in [0.15, 0.2) is 48.5 Å². The number of carbonyl (C=O) groups excluding carboxylic acids is 1. The predicted molar refractivity (Wildman–Crippen MR) is 107 cm³/mol. The van der Waals surface area contributed by atoms with Gasteiger partial charge in [0.2, 0.25) is 0 Å². The van der Waals surface area contributed by atoms with E-state index in [1.54, 1.807) is 12.1 Å². The van der Waals surface area contributed by atoms with Gasteiger partial charge in [0.15, 0.2) is 0 Å². The Hall–Kier alpha value is -2.40. The summed E-state index contributed by atoms with van der Waals surface area (Å²) in [5.41, 5.74) is 3.31. The maximum atomic E-state index is 13.8. The quantitative estimate of drug-likeness (QED) is 0.876. The molecule has 2 aromatic carbocycles. The van der Waals surface area contributed by atoms with Crippen LogP contribution in [0.3, 0.4) is 0 Å². The number of urea groups is 1. The van der Waals surface area contributed by atoms with Gasteiger partial charge < -0.3 is 15.0 Å². The van der Waals surface area contributed by atoms with Crippen LogP contribution in [0.5, 0.6) is 0 Å². The minimum atomic E-state index is -0.282. The van der Waals surface area contributed by atoms with Crippen LogP contribution >= 0.6 is 0 Å². The van der Waals surface area contributed by atoms with Crippen LogP contribution in [-0.4, -0.2) is 43.8 Å². The molecule has 1 aliphatic carbocycles. The Morgan fingerprint density at radius 3 is 2.46 bits per heavy atom. The maximum Gasteiger partial charge on any atom is 0.317 e. The summed E-state index contributed by atoms with van der Waals surface area (Å²) >= 11 is 0. The molecular weight excluding hydrogens is 355 g/mol. The first-order valence-electron chi connectivity index (χ1n) is 9.99. The zero-order valence-corrected chi connectivity index (χ0v) is 16.3. The first-order valence-corrected chi connectivity index (χ1v) is 9.99. The number of rotatable bonds is 4. The lowest BCUT2D eigenvalue weighted by Gasteiger charge is -2.38. The highest BCUT2D eigenvalue weighted by Gasteiger charge is 2.36. The second-order valence-corrected chi connectivity index (χ2v) is 8.00. The highest BCUT2D eigenvalue weighted by Crippen LogP contribution is 2.34. The van der Waals surface area contributed by atoms with Crippen LogP contribution in [0.1, 0.15) is 29.5 Å². The van der Waals surface area contributed by atoms with Gasteiger partial charge >= 0.3 is 6.03 Å². The van der Waals surface area contributed by atoms with Crippen molar-refractivity contribution in [3.63, 3.8) is 0 Å². The fraction of sp³-hybridized carbons (Fsp3) is 0.435. The minimum absolute atomic E-state index is 0.0694. The lowest BCUT2D eigenvalue weighted by atomic mass is 9.74. The summed E-state index contributed by atoms with van der Waals surface area (Å²) in [6, 6.07) is 15.2. The Morgan fingerprint density at radius 1 is 1.14 bits per heavy atom. The van der Waals surface area contributed by atoms with Gasteiger partial charge in [-0.1, -0.05) is 36.4 Å². The zero-order valence-electron chi connectivity index (χ0n) is 16.3. The summed E-state index contributed by atoms with van der Waals surface area (Å²) in [6.07, 6.45) is 3.33. The van der Waals surface area contributed by atoms with E-state index in [-0.39, 0.29) is 23.3 Å². The smallest absolute Gasteiger partial charge is 0.317 e. The van der Waals surface area contributed by atoms with E-state index >= 15 is 0 Å². The Morgan fingerprint density at radius 2 is 1.82 bits per heavy atom. The Balaban J connectivity index is 1.43. The van der Waals surface area contributed by atoms with Gasteiger partial charge in [0.05, 0.1) is 0 Å². The van der Waals surface area contributed by atoms with Gasteiger partial charge in [0.1, 0.15) is 5.82 Å². The molecule has 1 aliphatic heterocycles. The number of carbonyl (C=O) groups is 1. The average molecular weight is 382 g/mol. The summed E-state index contributed by atoms with van der Waals surface area (Å²) in [5, 5.41) is 3.12. The van der Waals surface area contributed by atoms with Crippen molar-refractivity contribution in [2.45, 2.75) is 37.1 Å². The number of hydrogen-bond acceptors (Lipinski definition) is 2. The van der Waals surface area contributed by atoms with Crippen LogP contribution < -0.4 is 5.32 Å². The number of fused-ring (bicyclic) bond motifs is 1. The molecule has 4 nitrogen and oxygen atoms in total. The monoisotopic (exact) mass is 382 g/mol. The van der Waals surface area contributed by atoms with E-state index < -0.39 is 0 Å². The molecule has 0 spiro atoms. The van der Waals surface area contributed by atoms with E-state index in [2.05, 4.69) is 29.6 Å². The van der Waals surface area contributed by atoms with Crippen molar-refractivity contribution in [2.75, 3.05) is 26.8 Å². The number of halogens is 1. The molecule has 2 amide bonds. The molecule has 2 aliphatic rings. The molecule has 2 aromatic rings. The van der Waals surface area contributed by atoms with Crippen LogP contribution in [0.4, 0.5) is 9.18 Å². The summed E-state index contributed by atoms with van der Waals surface area (Å²) in [7, 11) is 1.87. The number of nitrogens with zero attached hydrogens (tertiary/aromatic N) is 1. The lowest BCUT2D eigenvalue weighted by molar-refractivity contribution is 0.0499. The summed E-state index contributed by atoms with van der Waals surface area (Å²) in [5.74, 6) is -0.240. The molecule has 0 radical (unpaired) electrons. The predicted octanol–water partition coefficient (Wildman–Crippen LogP) is 3.68. The third-order valence-electron chi connectivity index (χ3n) is 6.36. The van der Waals surface area contributed by atoms with E-state index in [4.69, 9.17) is 4.74 Å². The summed E-state index contributed by atoms with van der Waals surface area (Å²) in [4.78, 5) is 14.7. The second-order valence-electron chi connectivity index (χ2n) is 8.00. The van der Waals surface area contributed by atoms with Crippen LogP contribution in [0.25, 0.3) is 0 Å². The van der Waals surface area contributed by atoms with Crippen LogP contribution in [0.2, 0.25) is 0 Å². The van der Waals surface area contributed by atoms with Crippen molar-refractivity contribution >= 4 is 6.03 Å². The van der Waals surface area contributed by atoms with E-state index in [1.807, 2.05) is 18.0 Å². The highest BCUT2D eigenvalue weighted by molar-refractivity contribution is 5.74. The molecule has 1 fully saturated rings. The highest BCUT2D eigenvalue weighted by atomic mass is 19.1. The molecule has 148 valence electrons. The van der Waals surface area contributed by atoms with Crippen LogP contribution in [-0.2, 0) is 23.0 Å². The number of amides is 2. The SMILES string of the molecule is CN(C(=O)NCC1(c2cccc(F)c2)CCOCC1)C1Cc2ccccc2C1. The van der Waals surface area contributed by atoms with E-state index in [9.17, 15) is 9.18 Å². The molecule has 0 aromatic heterocycles.